The van der Waals surface area contributed by atoms with Crippen molar-refractivity contribution >= 4 is 29.2 Å². The molecule has 1 fully saturated rings. The van der Waals surface area contributed by atoms with Crippen molar-refractivity contribution in [2.24, 2.45) is 0 Å². The van der Waals surface area contributed by atoms with Crippen LogP contribution in [-0.4, -0.2) is 78.8 Å². The number of carbonyl (C=O) groups is 2. The summed E-state index contributed by atoms with van der Waals surface area (Å²) in [4.78, 5) is 27.2. The summed E-state index contributed by atoms with van der Waals surface area (Å²) in [5.74, 6) is -0.972. The molecule has 8 heteroatoms. The summed E-state index contributed by atoms with van der Waals surface area (Å²) >= 11 is 6.01. The van der Waals surface area contributed by atoms with E-state index < -0.39 is 5.97 Å². The fraction of sp³-hybridized carbons (Fsp3) is 0.556. The second-order valence-corrected chi connectivity index (χ2v) is 7.14. The lowest BCUT2D eigenvalue weighted by molar-refractivity contribution is -0.138. The third-order valence-electron chi connectivity index (χ3n) is 4.48. The minimum absolute atomic E-state index is 0.0378. The van der Waals surface area contributed by atoms with Gasteiger partial charge in [0.15, 0.2) is 0 Å². The Labute approximate surface area is 158 Å². The number of halogens is 1. The number of nitrogens with one attached hydrogen (secondary N) is 1. The average molecular weight is 384 g/mol. The van der Waals surface area contributed by atoms with E-state index in [1.165, 1.54) is 0 Å². The van der Waals surface area contributed by atoms with Gasteiger partial charge in [-0.3, -0.25) is 19.4 Å². The molecule has 2 rings (SSSR count). The van der Waals surface area contributed by atoms with Crippen LogP contribution >= 0.6 is 11.6 Å². The van der Waals surface area contributed by atoms with E-state index in [-0.39, 0.29) is 24.6 Å². The molecule has 2 N–H and O–H groups in total. The minimum Gasteiger partial charge on any atom is -0.480 e. The number of aliphatic carboxylic acids is 1. The summed E-state index contributed by atoms with van der Waals surface area (Å²) in [7, 11) is 1.74. The normalized spacial score (nSPS) is 19.3. The predicted octanol–water partition coefficient (Wildman–Crippen LogP) is 1.69. The maximum atomic E-state index is 12.6. The van der Waals surface area contributed by atoms with Crippen LogP contribution in [0.15, 0.2) is 18.2 Å². The molecule has 0 saturated carbocycles. The monoisotopic (exact) mass is 383 g/mol. The number of rotatable bonds is 7. The van der Waals surface area contributed by atoms with E-state index in [0.717, 1.165) is 5.56 Å². The van der Waals surface area contributed by atoms with Gasteiger partial charge in [0.2, 0.25) is 5.91 Å². The molecule has 26 heavy (non-hydrogen) atoms. The number of benzene rings is 1. The number of hydrogen-bond acceptors (Lipinski definition) is 5. The third kappa shape index (κ3) is 5.95. The lowest BCUT2D eigenvalue weighted by Crippen LogP contribution is -2.53. The van der Waals surface area contributed by atoms with E-state index in [1.807, 2.05) is 19.9 Å². The standard InChI is InChI=1S/C18H26ClN3O4/c1-12-4-5-14(19)8-16(12)20-18(25)13(2)22-6-7-26-15(10-22)9-21(3)11-17(23)24/h4-5,8,13,15H,6-7,9-11H2,1-3H3,(H,20,25)(H,23,24). The predicted molar refractivity (Wildman–Crippen MR) is 101 cm³/mol. The number of ether oxygens (including phenoxy) is 1. The van der Waals surface area contributed by atoms with Crippen molar-refractivity contribution in [3.63, 3.8) is 0 Å². The van der Waals surface area contributed by atoms with E-state index in [0.29, 0.717) is 37.0 Å². The summed E-state index contributed by atoms with van der Waals surface area (Å²) in [5, 5.41) is 12.4. The first kappa shape index (κ1) is 20.6. The number of amides is 1. The highest BCUT2D eigenvalue weighted by Gasteiger charge is 2.29. The minimum atomic E-state index is -0.871. The maximum Gasteiger partial charge on any atom is 0.317 e. The molecule has 1 aromatic rings. The number of carbonyl (C=O) groups excluding carboxylic acids is 1. The second kappa shape index (κ2) is 9.32. The molecule has 0 aromatic heterocycles. The van der Waals surface area contributed by atoms with E-state index in [1.54, 1.807) is 24.1 Å². The van der Waals surface area contributed by atoms with E-state index in [4.69, 9.17) is 21.4 Å². The van der Waals surface area contributed by atoms with E-state index in [2.05, 4.69) is 10.2 Å². The Balaban J connectivity index is 1.93. The highest BCUT2D eigenvalue weighted by Crippen LogP contribution is 2.21. The van der Waals surface area contributed by atoms with Gasteiger partial charge in [-0.1, -0.05) is 17.7 Å². The molecule has 2 atom stereocenters. The Kier molecular flexibility index (Phi) is 7.40. The summed E-state index contributed by atoms with van der Waals surface area (Å²) in [5.41, 5.74) is 1.66. The second-order valence-electron chi connectivity index (χ2n) is 6.70. The van der Waals surface area contributed by atoms with Crippen molar-refractivity contribution in [2.75, 3.05) is 45.2 Å². The summed E-state index contributed by atoms with van der Waals surface area (Å²) in [6.07, 6.45) is -0.128. The number of carboxylic acid groups (broad SMARTS) is 1. The van der Waals surface area contributed by atoms with Gasteiger partial charge < -0.3 is 15.2 Å². The van der Waals surface area contributed by atoms with Crippen LogP contribution < -0.4 is 5.32 Å². The topological polar surface area (TPSA) is 82.1 Å². The van der Waals surface area contributed by atoms with Gasteiger partial charge in [-0.25, -0.2) is 0 Å². The Morgan fingerprint density at radius 3 is 2.92 bits per heavy atom. The highest BCUT2D eigenvalue weighted by molar-refractivity contribution is 6.31. The summed E-state index contributed by atoms with van der Waals surface area (Å²) in [6.45, 7) is 5.99. The van der Waals surface area contributed by atoms with E-state index >= 15 is 0 Å². The Morgan fingerprint density at radius 1 is 1.50 bits per heavy atom. The van der Waals surface area contributed by atoms with Gasteiger partial charge >= 0.3 is 5.97 Å². The number of morpholine rings is 1. The molecule has 0 bridgehead atoms. The fourth-order valence-electron chi connectivity index (χ4n) is 2.98. The molecule has 1 saturated heterocycles. The van der Waals surface area contributed by atoms with Gasteiger partial charge in [-0.2, -0.15) is 0 Å². The van der Waals surface area contributed by atoms with Gasteiger partial charge in [-0.05, 0) is 38.6 Å². The van der Waals surface area contributed by atoms with Crippen molar-refractivity contribution in [3.05, 3.63) is 28.8 Å². The quantitative estimate of drug-likeness (QED) is 0.745. The van der Waals surface area contributed by atoms with Crippen LogP contribution in [0.2, 0.25) is 5.02 Å². The highest BCUT2D eigenvalue weighted by atomic mass is 35.5. The molecule has 1 amide bonds. The van der Waals surface area contributed by atoms with Crippen molar-refractivity contribution in [2.45, 2.75) is 26.0 Å². The largest absolute Gasteiger partial charge is 0.480 e. The molecule has 1 aliphatic heterocycles. The maximum absolute atomic E-state index is 12.6. The number of carboxylic acids is 1. The first-order valence-electron chi connectivity index (χ1n) is 8.59. The molecule has 2 unspecified atom stereocenters. The molecule has 7 nitrogen and oxygen atoms in total. The zero-order chi connectivity index (χ0) is 19.3. The first-order chi connectivity index (χ1) is 12.3. The zero-order valence-corrected chi connectivity index (χ0v) is 16.1. The van der Waals surface area contributed by atoms with Gasteiger partial charge in [0.25, 0.3) is 0 Å². The van der Waals surface area contributed by atoms with Crippen LogP contribution in [0.4, 0.5) is 5.69 Å². The van der Waals surface area contributed by atoms with Gasteiger partial charge in [0.05, 0.1) is 25.3 Å². The SMILES string of the molecule is Cc1ccc(Cl)cc1NC(=O)C(C)N1CCOC(CN(C)CC(=O)O)C1. The van der Waals surface area contributed by atoms with Crippen molar-refractivity contribution in [3.8, 4) is 0 Å². The van der Waals surface area contributed by atoms with Crippen molar-refractivity contribution in [1.29, 1.82) is 0 Å². The molecular weight excluding hydrogens is 358 g/mol. The molecule has 0 aliphatic carbocycles. The number of aryl methyl sites for hydroxylation is 1. The molecule has 1 heterocycles. The van der Waals surface area contributed by atoms with Crippen molar-refractivity contribution < 1.29 is 19.4 Å². The first-order valence-corrected chi connectivity index (χ1v) is 8.97. The van der Waals surface area contributed by atoms with Crippen LogP contribution in [0.3, 0.4) is 0 Å². The molecule has 0 spiro atoms. The van der Waals surface area contributed by atoms with Gasteiger partial charge in [-0.15, -0.1) is 0 Å². The molecule has 1 aliphatic rings. The zero-order valence-electron chi connectivity index (χ0n) is 15.4. The lowest BCUT2D eigenvalue weighted by Gasteiger charge is -2.37. The third-order valence-corrected chi connectivity index (χ3v) is 4.71. The van der Waals surface area contributed by atoms with Crippen LogP contribution in [0, 0.1) is 6.92 Å². The number of anilines is 1. The van der Waals surface area contributed by atoms with Crippen LogP contribution in [0.5, 0.6) is 0 Å². The summed E-state index contributed by atoms with van der Waals surface area (Å²) < 4.78 is 5.72. The number of likely N-dealkylation sites (N-methyl/N-ethyl adjacent to an activating group) is 1. The number of nitrogens with zero attached hydrogens (tertiary/aromatic N) is 2. The molecule has 1 aromatic carbocycles. The van der Waals surface area contributed by atoms with Crippen LogP contribution in [0.1, 0.15) is 12.5 Å². The molecular formula is C18H26ClN3O4. The van der Waals surface area contributed by atoms with Gasteiger partial charge in [0, 0.05) is 30.3 Å². The Morgan fingerprint density at radius 2 is 2.23 bits per heavy atom. The van der Waals surface area contributed by atoms with Gasteiger partial charge in [0.1, 0.15) is 0 Å². The lowest BCUT2D eigenvalue weighted by atomic mass is 10.1. The van der Waals surface area contributed by atoms with E-state index in [9.17, 15) is 9.59 Å². The van der Waals surface area contributed by atoms with Crippen molar-refractivity contribution in [1.82, 2.24) is 9.80 Å². The molecule has 144 valence electrons. The smallest absolute Gasteiger partial charge is 0.317 e. The summed E-state index contributed by atoms with van der Waals surface area (Å²) in [6, 6.07) is 5.07. The fourth-order valence-corrected chi connectivity index (χ4v) is 3.15. The van der Waals surface area contributed by atoms with Crippen LogP contribution in [0.25, 0.3) is 0 Å². The Hall–Kier alpha value is -1.67. The van der Waals surface area contributed by atoms with Crippen LogP contribution in [-0.2, 0) is 14.3 Å². The molecule has 0 radical (unpaired) electrons. The number of hydrogen-bond donors (Lipinski definition) is 2. The Bertz CT molecular complexity index is 655. The average Bonchev–Trinajstić information content (AvgIpc) is 2.56.